The van der Waals surface area contributed by atoms with Gasteiger partial charge in [0, 0.05) is 31.2 Å². The Hall–Kier alpha value is -1.75. The minimum absolute atomic E-state index is 0.0495. The molecule has 3 N–H and O–H groups in total. The Bertz CT molecular complexity index is 528. The average Bonchev–Trinajstić information content (AvgIpc) is 3.18. The fraction of sp³-hybridized carbons (Fsp3) is 0.562. The number of hydrogen-bond acceptors (Lipinski definition) is 4. The molecule has 1 heterocycles. The highest BCUT2D eigenvalue weighted by molar-refractivity contribution is 5.95. The van der Waals surface area contributed by atoms with Gasteiger partial charge in [0.15, 0.2) is 0 Å². The Kier molecular flexibility index (Phi) is 4.01. The minimum atomic E-state index is -0.0495. The molecule has 5 heteroatoms. The number of nitrogens with zero attached hydrogens (tertiary/aromatic N) is 1. The molecule has 0 spiro atoms. The van der Waals surface area contributed by atoms with Crippen LogP contribution in [0.15, 0.2) is 18.2 Å². The number of anilines is 1. The van der Waals surface area contributed by atoms with Crippen LogP contribution in [0.4, 0.5) is 5.69 Å². The molecule has 2 fully saturated rings. The zero-order valence-electron chi connectivity index (χ0n) is 12.5. The lowest BCUT2D eigenvalue weighted by atomic mass is 10.1. The number of carbonyl (C=O) groups is 1. The van der Waals surface area contributed by atoms with Crippen molar-refractivity contribution in [2.45, 2.75) is 25.3 Å². The largest absolute Gasteiger partial charge is 0.495 e. The highest BCUT2D eigenvalue weighted by Crippen LogP contribution is 2.30. The summed E-state index contributed by atoms with van der Waals surface area (Å²) >= 11 is 0. The zero-order chi connectivity index (χ0) is 14.8. The van der Waals surface area contributed by atoms with Crippen LogP contribution >= 0.6 is 0 Å². The van der Waals surface area contributed by atoms with Gasteiger partial charge in [-0.3, -0.25) is 4.79 Å². The van der Waals surface area contributed by atoms with Crippen LogP contribution in [0.3, 0.4) is 0 Å². The van der Waals surface area contributed by atoms with Crippen LogP contribution in [-0.2, 0) is 0 Å². The monoisotopic (exact) mass is 289 g/mol. The maximum atomic E-state index is 12.3. The number of amides is 1. The summed E-state index contributed by atoms with van der Waals surface area (Å²) in [4.78, 5) is 14.8. The van der Waals surface area contributed by atoms with Crippen molar-refractivity contribution in [1.29, 1.82) is 0 Å². The van der Waals surface area contributed by atoms with E-state index in [1.165, 1.54) is 19.4 Å². The van der Waals surface area contributed by atoms with Crippen molar-refractivity contribution in [2.75, 3.05) is 32.5 Å². The number of ether oxygens (including phenoxy) is 1. The number of likely N-dealkylation sites (tertiary alicyclic amines) is 1. The summed E-state index contributed by atoms with van der Waals surface area (Å²) in [5.41, 5.74) is 6.92. The van der Waals surface area contributed by atoms with Gasteiger partial charge in [-0.1, -0.05) is 0 Å². The Morgan fingerprint density at radius 2 is 2.24 bits per heavy atom. The molecule has 2 aliphatic rings. The van der Waals surface area contributed by atoms with E-state index in [0.29, 0.717) is 17.0 Å². The van der Waals surface area contributed by atoms with E-state index in [-0.39, 0.29) is 11.9 Å². The van der Waals surface area contributed by atoms with Crippen LogP contribution in [-0.4, -0.2) is 43.6 Å². The fourth-order valence-electron chi connectivity index (χ4n) is 2.90. The summed E-state index contributed by atoms with van der Waals surface area (Å²) < 4.78 is 5.16. The van der Waals surface area contributed by atoms with Crippen LogP contribution < -0.4 is 15.8 Å². The van der Waals surface area contributed by atoms with Gasteiger partial charge in [0.05, 0.1) is 12.8 Å². The van der Waals surface area contributed by atoms with E-state index in [2.05, 4.69) is 10.2 Å². The SMILES string of the molecule is COc1cc(C(=O)NC2CCN(CC3CC3)C2)ccc1N. The van der Waals surface area contributed by atoms with Crippen molar-refractivity contribution in [3.8, 4) is 5.75 Å². The van der Waals surface area contributed by atoms with Crippen molar-refractivity contribution >= 4 is 11.6 Å². The number of nitrogen functional groups attached to an aromatic ring is 1. The second kappa shape index (κ2) is 5.93. The second-order valence-electron chi connectivity index (χ2n) is 6.12. The van der Waals surface area contributed by atoms with E-state index in [1.807, 2.05) is 0 Å². The fourth-order valence-corrected chi connectivity index (χ4v) is 2.90. The summed E-state index contributed by atoms with van der Waals surface area (Å²) in [6.07, 6.45) is 3.78. The number of nitrogens with two attached hydrogens (primary N) is 1. The number of nitrogens with one attached hydrogen (secondary N) is 1. The lowest BCUT2D eigenvalue weighted by Gasteiger charge is -2.16. The maximum Gasteiger partial charge on any atom is 0.251 e. The van der Waals surface area contributed by atoms with Crippen molar-refractivity contribution in [3.05, 3.63) is 23.8 Å². The molecule has 114 valence electrons. The van der Waals surface area contributed by atoms with Gasteiger partial charge in [-0.25, -0.2) is 0 Å². The van der Waals surface area contributed by atoms with E-state index in [0.717, 1.165) is 25.4 Å². The molecule has 1 aliphatic heterocycles. The first-order valence-electron chi connectivity index (χ1n) is 7.62. The third kappa shape index (κ3) is 3.47. The predicted molar refractivity (Wildman–Crippen MR) is 82.4 cm³/mol. The third-order valence-corrected chi connectivity index (χ3v) is 4.32. The van der Waals surface area contributed by atoms with E-state index in [4.69, 9.17) is 10.5 Å². The Labute approximate surface area is 125 Å². The summed E-state index contributed by atoms with van der Waals surface area (Å²) in [6, 6.07) is 5.40. The van der Waals surface area contributed by atoms with Crippen molar-refractivity contribution in [1.82, 2.24) is 10.2 Å². The molecule has 1 aliphatic carbocycles. The molecule has 1 unspecified atom stereocenters. The van der Waals surface area contributed by atoms with Crippen molar-refractivity contribution in [3.63, 3.8) is 0 Å². The molecule has 1 atom stereocenters. The third-order valence-electron chi connectivity index (χ3n) is 4.32. The maximum absolute atomic E-state index is 12.3. The van der Waals surface area contributed by atoms with Crippen LogP contribution in [0.2, 0.25) is 0 Å². The first kappa shape index (κ1) is 14.2. The van der Waals surface area contributed by atoms with E-state index >= 15 is 0 Å². The summed E-state index contributed by atoms with van der Waals surface area (Å²) in [7, 11) is 1.56. The Morgan fingerprint density at radius 3 is 2.95 bits per heavy atom. The van der Waals surface area contributed by atoms with Crippen LogP contribution in [0.1, 0.15) is 29.6 Å². The molecule has 1 saturated carbocycles. The lowest BCUT2D eigenvalue weighted by Crippen LogP contribution is -2.37. The van der Waals surface area contributed by atoms with Gasteiger partial charge in [-0.15, -0.1) is 0 Å². The molecule has 5 nitrogen and oxygen atoms in total. The molecule has 1 amide bonds. The Balaban J connectivity index is 1.56. The molecule has 0 aromatic heterocycles. The van der Waals surface area contributed by atoms with Gasteiger partial charge in [0.25, 0.3) is 5.91 Å². The molecule has 3 rings (SSSR count). The molecular formula is C16H23N3O2. The second-order valence-corrected chi connectivity index (χ2v) is 6.12. The molecule has 0 bridgehead atoms. The smallest absolute Gasteiger partial charge is 0.251 e. The minimum Gasteiger partial charge on any atom is -0.495 e. The molecule has 1 aromatic rings. The Morgan fingerprint density at radius 1 is 1.43 bits per heavy atom. The highest BCUT2D eigenvalue weighted by atomic mass is 16.5. The van der Waals surface area contributed by atoms with E-state index in [9.17, 15) is 4.79 Å². The average molecular weight is 289 g/mol. The standard InChI is InChI=1S/C16H23N3O2/c1-21-15-8-12(4-5-14(15)17)16(20)18-13-6-7-19(10-13)9-11-2-3-11/h4-5,8,11,13H,2-3,6-7,9-10,17H2,1H3,(H,18,20). The summed E-state index contributed by atoms with van der Waals surface area (Å²) in [5, 5.41) is 3.11. The molecule has 0 radical (unpaired) electrons. The first-order chi connectivity index (χ1) is 10.2. The van der Waals surface area contributed by atoms with Crippen LogP contribution in [0.25, 0.3) is 0 Å². The van der Waals surface area contributed by atoms with Gasteiger partial charge >= 0.3 is 0 Å². The lowest BCUT2D eigenvalue weighted by molar-refractivity contribution is 0.0937. The highest BCUT2D eigenvalue weighted by Gasteiger charge is 2.29. The molecule has 1 saturated heterocycles. The number of carbonyl (C=O) groups excluding carboxylic acids is 1. The van der Waals surface area contributed by atoms with Crippen molar-refractivity contribution in [2.24, 2.45) is 5.92 Å². The number of methoxy groups -OCH3 is 1. The molecule has 1 aromatic carbocycles. The molecular weight excluding hydrogens is 266 g/mol. The number of benzene rings is 1. The zero-order valence-corrected chi connectivity index (χ0v) is 12.5. The van der Waals surface area contributed by atoms with Gasteiger partial charge in [0.2, 0.25) is 0 Å². The first-order valence-corrected chi connectivity index (χ1v) is 7.62. The van der Waals surface area contributed by atoms with Gasteiger partial charge in [0.1, 0.15) is 5.75 Å². The normalized spacial score (nSPS) is 22.2. The van der Waals surface area contributed by atoms with Crippen LogP contribution in [0.5, 0.6) is 5.75 Å². The van der Waals surface area contributed by atoms with E-state index in [1.54, 1.807) is 25.3 Å². The quantitative estimate of drug-likeness (QED) is 0.806. The van der Waals surface area contributed by atoms with Crippen LogP contribution in [0, 0.1) is 5.92 Å². The van der Waals surface area contributed by atoms with Gasteiger partial charge < -0.3 is 20.7 Å². The van der Waals surface area contributed by atoms with Gasteiger partial charge in [-0.2, -0.15) is 0 Å². The number of rotatable bonds is 5. The van der Waals surface area contributed by atoms with Crippen molar-refractivity contribution < 1.29 is 9.53 Å². The summed E-state index contributed by atoms with van der Waals surface area (Å²) in [5.74, 6) is 1.40. The number of hydrogen-bond donors (Lipinski definition) is 2. The van der Waals surface area contributed by atoms with Gasteiger partial charge in [-0.05, 0) is 43.4 Å². The van der Waals surface area contributed by atoms with E-state index < -0.39 is 0 Å². The summed E-state index contributed by atoms with van der Waals surface area (Å²) in [6.45, 7) is 3.25. The molecule has 21 heavy (non-hydrogen) atoms. The predicted octanol–water partition coefficient (Wildman–Crippen LogP) is 1.49. The topological polar surface area (TPSA) is 67.6 Å².